The Morgan fingerprint density at radius 3 is 1.21 bits per heavy atom. The fourth-order valence-corrected chi connectivity index (χ4v) is 3.15. The number of carbonyl (C=O) groups excluding carboxylic acids is 2. The van der Waals surface area contributed by atoms with E-state index in [1.165, 1.54) is 0 Å². The molecule has 2 amide bonds. The minimum absolute atomic E-state index is 0. The molecule has 1 fully saturated rings. The number of hydrogen-bond acceptors (Lipinski definition) is 4. The minimum atomic E-state index is -0.676. The van der Waals surface area contributed by atoms with Gasteiger partial charge in [0.25, 0.3) is 0 Å². The van der Waals surface area contributed by atoms with Crippen LogP contribution in [0.4, 0.5) is 0 Å². The third kappa shape index (κ3) is 5.45. The van der Waals surface area contributed by atoms with E-state index in [2.05, 4.69) is 0 Å². The molecule has 1 heterocycles. The summed E-state index contributed by atoms with van der Waals surface area (Å²) in [4.78, 5) is 28.6. The Morgan fingerprint density at radius 2 is 0.929 bits per heavy atom. The van der Waals surface area contributed by atoms with Crippen LogP contribution in [-0.2, 0) is 9.59 Å². The average Bonchev–Trinajstić information content (AvgIpc) is 2.73. The summed E-state index contributed by atoms with van der Waals surface area (Å²) in [6.45, 7) is 1.86. The van der Waals surface area contributed by atoms with Crippen molar-refractivity contribution in [3.63, 3.8) is 0 Å². The molecule has 1 saturated heterocycles. The highest BCUT2D eigenvalue weighted by atomic mass is 35.5. The van der Waals surface area contributed by atoms with E-state index in [0.29, 0.717) is 26.2 Å². The van der Waals surface area contributed by atoms with E-state index in [9.17, 15) is 9.59 Å². The van der Waals surface area contributed by atoms with Crippen LogP contribution >= 0.6 is 24.8 Å². The van der Waals surface area contributed by atoms with Gasteiger partial charge in [0.1, 0.15) is 12.1 Å². The number of carbonyl (C=O) groups is 2. The van der Waals surface area contributed by atoms with Gasteiger partial charge in [-0.2, -0.15) is 0 Å². The van der Waals surface area contributed by atoms with Crippen molar-refractivity contribution in [2.75, 3.05) is 26.2 Å². The SMILES string of the molecule is Cl.Cl.NC(C(=O)N1CCN(C(=O)C(N)c2ccccc2)CC1)c1ccccc1. The topological polar surface area (TPSA) is 92.7 Å². The molecule has 2 aromatic carbocycles. The van der Waals surface area contributed by atoms with Crippen LogP contribution in [0.5, 0.6) is 0 Å². The van der Waals surface area contributed by atoms with E-state index in [1.54, 1.807) is 9.80 Å². The molecule has 0 bridgehead atoms. The Labute approximate surface area is 177 Å². The van der Waals surface area contributed by atoms with E-state index in [4.69, 9.17) is 11.5 Å². The van der Waals surface area contributed by atoms with Gasteiger partial charge in [0.05, 0.1) is 0 Å². The van der Waals surface area contributed by atoms with Crippen LogP contribution in [0.2, 0.25) is 0 Å². The predicted octanol–water partition coefficient (Wildman–Crippen LogP) is 1.90. The van der Waals surface area contributed by atoms with Gasteiger partial charge < -0.3 is 21.3 Å². The number of piperazine rings is 1. The zero-order valence-electron chi connectivity index (χ0n) is 15.4. The number of rotatable bonds is 4. The zero-order valence-corrected chi connectivity index (χ0v) is 17.1. The fourth-order valence-electron chi connectivity index (χ4n) is 3.15. The molecule has 152 valence electrons. The molecule has 0 saturated carbocycles. The molecule has 6 nitrogen and oxygen atoms in total. The van der Waals surface area contributed by atoms with Gasteiger partial charge in [0.2, 0.25) is 11.8 Å². The molecule has 8 heteroatoms. The summed E-state index contributed by atoms with van der Waals surface area (Å²) in [7, 11) is 0. The molecular weight excluding hydrogens is 399 g/mol. The maximum Gasteiger partial charge on any atom is 0.244 e. The lowest BCUT2D eigenvalue weighted by molar-refractivity contribution is -0.141. The second-order valence-corrected chi connectivity index (χ2v) is 6.43. The smallest absolute Gasteiger partial charge is 0.244 e. The van der Waals surface area contributed by atoms with Gasteiger partial charge in [-0.05, 0) is 11.1 Å². The zero-order chi connectivity index (χ0) is 18.5. The fraction of sp³-hybridized carbons (Fsp3) is 0.300. The first kappa shape index (κ1) is 23.9. The molecule has 1 aliphatic rings. The van der Waals surface area contributed by atoms with Gasteiger partial charge in [-0.1, -0.05) is 60.7 Å². The summed E-state index contributed by atoms with van der Waals surface area (Å²) in [6.07, 6.45) is 0. The van der Waals surface area contributed by atoms with Crippen LogP contribution in [-0.4, -0.2) is 47.8 Å². The van der Waals surface area contributed by atoms with Crippen molar-refractivity contribution in [2.45, 2.75) is 12.1 Å². The summed E-state index contributed by atoms with van der Waals surface area (Å²) in [5.41, 5.74) is 13.8. The number of nitrogens with two attached hydrogens (primary N) is 2. The third-order valence-electron chi connectivity index (χ3n) is 4.75. The first-order valence-electron chi connectivity index (χ1n) is 8.76. The Kier molecular flexibility index (Phi) is 9.41. The third-order valence-corrected chi connectivity index (χ3v) is 4.75. The highest BCUT2D eigenvalue weighted by Crippen LogP contribution is 2.17. The molecule has 28 heavy (non-hydrogen) atoms. The van der Waals surface area contributed by atoms with Gasteiger partial charge in [0.15, 0.2) is 0 Å². The number of amides is 2. The maximum absolute atomic E-state index is 12.6. The summed E-state index contributed by atoms with van der Waals surface area (Å²) < 4.78 is 0. The largest absolute Gasteiger partial charge is 0.337 e. The highest BCUT2D eigenvalue weighted by molar-refractivity contribution is 5.86. The van der Waals surface area contributed by atoms with Gasteiger partial charge in [-0.15, -0.1) is 24.8 Å². The van der Waals surface area contributed by atoms with E-state index in [0.717, 1.165) is 11.1 Å². The van der Waals surface area contributed by atoms with Crippen LogP contribution in [0.1, 0.15) is 23.2 Å². The summed E-state index contributed by atoms with van der Waals surface area (Å²) in [5, 5.41) is 0. The lowest BCUT2D eigenvalue weighted by atomic mass is 10.1. The molecule has 0 aromatic heterocycles. The first-order valence-corrected chi connectivity index (χ1v) is 8.76. The molecule has 4 N–H and O–H groups in total. The molecule has 0 radical (unpaired) electrons. The standard InChI is InChI=1S/C20H24N4O2.2ClH/c21-17(15-7-3-1-4-8-15)19(25)23-11-13-24(14-12-23)20(26)18(22)16-9-5-2-6-10-16;;/h1-10,17-18H,11-14,21-22H2;2*1H. The van der Waals surface area contributed by atoms with Crippen LogP contribution in [0, 0.1) is 0 Å². The van der Waals surface area contributed by atoms with Crippen LogP contribution in [0.25, 0.3) is 0 Å². The second-order valence-electron chi connectivity index (χ2n) is 6.43. The van der Waals surface area contributed by atoms with Crippen LogP contribution in [0.3, 0.4) is 0 Å². The van der Waals surface area contributed by atoms with Crippen molar-refractivity contribution in [2.24, 2.45) is 11.5 Å². The lowest BCUT2D eigenvalue weighted by Crippen LogP contribution is -2.54. The van der Waals surface area contributed by atoms with E-state index < -0.39 is 12.1 Å². The molecular formula is C20H26Cl2N4O2. The van der Waals surface area contributed by atoms with Crippen molar-refractivity contribution in [1.29, 1.82) is 0 Å². The van der Waals surface area contributed by atoms with E-state index >= 15 is 0 Å². The predicted molar refractivity (Wildman–Crippen MR) is 114 cm³/mol. The Hall–Kier alpha value is -2.12. The van der Waals surface area contributed by atoms with Crippen molar-refractivity contribution < 1.29 is 9.59 Å². The molecule has 0 aliphatic carbocycles. The van der Waals surface area contributed by atoms with Crippen molar-refractivity contribution in [3.05, 3.63) is 71.8 Å². The Balaban J connectivity index is 0.00000196. The number of nitrogens with zero attached hydrogens (tertiary/aromatic N) is 2. The summed E-state index contributed by atoms with van der Waals surface area (Å²) in [5.74, 6) is -0.230. The minimum Gasteiger partial charge on any atom is -0.337 e. The first-order chi connectivity index (χ1) is 12.6. The van der Waals surface area contributed by atoms with Gasteiger partial charge in [-0.3, -0.25) is 9.59 Å². The molecule has 2 unspecified atom stereocenters. The summed E-state index contributed by atoms with van der Waals surface area (Å²) >= 11 is 0. The van der Waals surface area contributed by atoms with Crippen molar-refractivity contribution in [3.8, 4) is 0 Å². The quantitative estimate of drug-likeness (QED) is 0.783. The number of hydrogen-bond donors (Lipinski definition) is 2. The molecule has 0 spiro atoms. The lowest BCUT2D eigenvalue weighted by Gasteiger charge is -2.37. The number of benzene rings is 2. The molecule has 2 aromatic rings. The van der Waals surface area contributed by atoms with E-state index in [-0.39, 0.29) is 36.6 Å². The van der Waals surface area contributed by atoms with Crippen LogP contribution in [0.15, 0.2) is 60.7 Å². The second kappa shape index (κ2) is 11.0. The number of halogens is 2. The molecule has 3 rings (SSSR count). The van der Waals surface area contributed by atoms with Crippen LogP contribution < -0.4 is 11.5 Å². The molecule has 1 aliphatic heterocycles. The maximum atomic E-state index is 12.6. The summed E-state index contributed by atoms with van der Waals surface area (Å²) in [6, 6.07) is 17.3. The van der Waals surface area contributed by atoms with Gasteiger partial charge in [-0.25, -0.2) is 0 Å². The Morgan fingerprint density at radius 1 is 0.643 bits per heavy atom. The van der Waals surface area contributed by atoms with Crippen molar-refractivity contribution >= 4 is 36.6 Å². The van der Waals surface area contributed by atoms with Gasteiger partial charge >= 0.3 is 0 Å². The van der Waals surface area contributed by atoms with E-state index in [1.807, 2.05) is 60.7 Å². The highest BCUT2D eigenvalue weighted by Gasteiger charge is 2.30. The van der Waals surface area contributed by atoms with Crippen molar-refractivity contribution in [1.82, 2.24) is 9.80 Å². The van der Waals surface area contributed by atoms with Gasteiger partial charge in [0, 0.05) is 26.2 Å². The monoisotopic (exact) mass is 424 g/mol. The normalized spacial score (nSPS) is 15.6. The Bertz CT molecular complexity index is 688. The molecule has 2 atom stereocenters. The average molecular weight is 425 g/mol.